The first kappa shape index (κ1) is 14.1. The summed E-state index contributed by atoms with van der Waals surface area (Å²) in [6.45, 7) is 2.25. The molecule has 1 amide bonds. The average molecular weight is 260 g/mol. The van der Waals surface area contributed by atoms with Crippen molar-refractivity contribution in [1.29, 1.82) is 0 Å². The molecule has 0 radical (unpaired) electrons. The zero-order valence-corrected chi connectivity index (χ0v) is 10.2. The lowest BCUT2D eigenvalue weighted by atomic mass is 10.2. The molecule has 0 saturated carbocycles. The summed E-state index contributed by atoms with van der Waals surface area (Å²) >= 11 is 0. The fourth-order valence-electron chi connectivity index (χ4n) is 1.04. The number of hydrogen-bond donors (Lipinski definition) is 1. The zero-order valence-electron chi connectivity index (χ0n) is 10.2. The van der Waals surface area contributed by atoms with Gasteiger partial charge in [-0.05, 0) is 26.8 Å². The number of nitrogens with zero attached hydrogens (tertiary/aromatic N) is 1. The van der Waals surface area contributed by atoms with Gasteiger partial charge in [0.05, 0.1) is 11.9 Å². The van der Waals surface area contributed by atoms with E-state index in [0.29, 0.717) is 5.69 Å². The quantitative estimate of drug-likeness (QED) is 0.907. The molecule has 0 aliphatic rings. The number of carbonyl (C=O) groups excluding carboxylic acids is 1. The molecule has 0 atom stereocenters. The van der Waals surface area contributed by atoms with Crippen LogP contribution < -0.4 is 10.1 Å². The molecule has 0 unspecified atom stereocenters. The first-order valence-corrected chi connectivity index (χ1v) is 5.17. The van der Waals surface area contributed by atoms with Crippen LogP contribution in [-0.4, -0.2) is 23.3 Å². The molecule has 1 N–H and O–H groups in total. The average Bonchev–Trinajstić information content (AvgIpc) is 2.17. The van der Waals surface area contributed by atoms with Crippen LogP contribution in [0, 0.1) is 0 Å². The second-order valence-corrected chi connectivity index (χ2v) is 4.39. The van der Waals surface area contributed by atoms with Crippen molar-refractivity contribution in [1.82, 2.24) is 4.98 Å². The van der Waals surface area contributed by atoms with E-state index in [9.17, 15) is 13.6 Å². The second kappa shape index (κ2) is 5.61. The van der Waals surface area contributed by atoms with Crippen molar-refractivity contribution in [3.05, 3.63) is 18.3 Å². The number of nitrogens with one attached hydrogen (secondary N) is 1. The molecule has 0 aliphatic carbocycles. The first-order valence-electron chi connectivity index (χ1n) is 5.17. The molecule has 5 nitrogen and oxygen atoms in total. The van der Waals surface area contributed by atoms with Crippen LogP contribution in [0.5, 0.6) is 5.88 Å². The predicted octanol–water partition coefficient (Wildman–Crippen LogP) is 3.03. The fourth-order valence-corrected chi connectivity index (χ4v) is 1.04. The topological polar surface area (TPSA) is 60.5 Å². The number of aromatic nitrogens is 1. The van der Waals surface area contributed by atoms with Gasteiger partial charge in [0.2, 0.25) is 5.88 Å². The molecule has 1 rings (SSSR count). The summed E-state index contributed by atoms with van der Waals surface area (Å²) in [7, 11) is 0. The smallest absolute Gasteiger partial charge is 0.412 e. The van der Waals surface area contributed by atoms with E-state index in [4.69, 9.17) is 4.74 Å². The number of rotatable bonds is 3. The molecular weight excluding hydrogens is 246 g/mol. The van der Waals surface area contributed by atoms with Gasteiger partial charge in [0.15, 0.2) is 0 Å². The molecule has 0 aromatic carbocycles. The summed E-state index contributed by atoms with van der Waals surface area (Å²) in [6, 6.07) is 2.60. The van der Waals surface area contributed by atoms with Gasteiger partial charge in [-0.3, -0.25) is 5.32 Å². The Kier molecular flexibility index (Phi) is 4.41. The third-order valence-electron chi connectivity index (χ3n) is 1.59. The highest BCUT2D eigenvalue weighted by Crippen LogP contribution is 2.15. The lowest BCUT2D eigenvalue weighted by molar-refractivity contribution is -0.0528. The van der Waals surface area contributed by atoms with Crippen LogP contribution in [0.3, 0.4) is 0 Å². The van der Waals surface area contributed by atoms with Gasteiger partial charge in [0.25, 0.3) is 0 Å². The molecular formula is C11H14F2N2O3. The Labute approximate surface area is 103 Å². The van der Waals surface area contributed by atoms with Crippen LogP contribution in [0.2, 0.25) is 0 Å². The maximum absolute atomic E-state index is 11.9. The highest BCUT2D eigenvalue weighted by Gasteiger charge is 2.16. The van der Waals surface area contributed by atoms with Gasteiger partial charge in [-0.2, -0.15) is 8.78 Å². The molecule has 0 spiro atoms. The lowest BCUT2D eigenvalue weighted by Crippen LogP contribution is -2.27. The summed E-state index contributed by atoms with van der Waals surface area (Å²) in [4.78, 5) is 15.0. The van der Waals surface area contributed by atoms with Gasteiger partial charge in [-0.1, -0.05) is 0 Å². The van der Waals surface area contributed by atoms with Crippen LogP contribution in [0.4, 0.5) is 19.3 Å². The molecule has 1 aromatic heterocycles. The number of amides is 1. The Morgan fingerprint density at radius 3 is 2.50 bits per heavy atom. The number of alkyl halides is 2. The van der Waals surface area contributed by atoms with Gasteiger partial charge in [-0.15, -0.1) is 0 Å². The van der Waals surface area contributed by atoms with Gasteiger partial charge in [0.1, 0.15) is 5.60 Å². The molecule has 0 aliphatic heterocycles. The van der Waals surface area contributed by atoms with Crippen molar-refractivity contribution in [2.75, 3.05) is 5.32 Å². The zero-order chi connectivity index (χ0) is 13.8. The van der Waals surface area contributed by atoms with Crippen LogP contribution >= 0.6 is 0 Å². The van der Waals surface area contributed by atoms with Crippen LogP contribution in [0.15, 0.2) is 18.3 Å². The Bertz CT molecular complexity index is 402. The molecule has 100 valence electrons. The van der Waals surface area contributed by atoms with Gasteiger partial charge >= 0.3 is 12.7 Å². The van der Waals surface area contributed by atoms with Crippen molar-refractivity contribution >= 4 is 11.8 Å². The van der Waals surface area contributed by atoms with E-state index < -0.39 is 18.3 Å². The lowest BCUT2D eigenvalue weighted by Gasteiger charge is -2.19. The van der Waals surface area contributed by atoms with Crippen LogP contribution in [0.25, 0.3) is 0 Å². The standard InChI is InChI=1S/C11H14F2N2O3/c1-11(2,3)18-10(16)15-7-4-5-8(14-6-7)17-9(12)13/h4-6,9H,1-3H3,(H,15,16). The summed E-state index contributed by atoms with van der Waals surface area (Å²) in [5.41, 5.74) is -0.290. The van der Waals surface area contributed by atoms with E-state index in [1.165, 1.54) is 18.3 Å². The Hall–Kier alpha value is -1.92. The van der Waals surface area contributed by atoms with Crippen molar-refractivity contribution in [2.24, 2.45) is 0 Å². The van der Waals surface area contributed by atoms with Crippen molar-refractivity contribution in [2.45, 2.75) is 33.0 Å². The second-order valence-electron chi connectivity index (χ2n) is 4.39. The third-order valence-corrected chi connectivity index (χ3v) is 1.59. The molecule has 0 bridgehead atoms. The van der Waals surface area contributed by atoms with E-state index in [1.54, 1.807) is 20.8 Å². The van der Waals surface area contributed by atoms with E-state index >= 15 is 0 Å². The monoisotopic (exact) mass is 260 g/mol. The number of carbonyl (C=O) groups is 1. The van der Waals surface area contributed by atoms with E-state index in [0.717, 1.165) is 0 Å². The van der Waals surface area contributed by atoms with Gasteiger partial charge in [0, 0.05) is 6.07 Å². The molecule has 1 aromatic rings. The minimum atomic E-state index is -2.93. The van der Waals surface area contributed by atoms with Crippen molar-refractivity contribution < 1.29 is 23.0 Å². The Morgan fingerprint density at radius 1 is 1.39 bits per heavy atom. The predicted molar refractivity (Wildman–Crippen MR) is 60.7 cm³/mol. The summed E-state index contributed by atoms with van der Waals surface area (Å²) in [5, 5.41) is 2.41. The summed E-state index contributed by atoms with van der Waals surface area (Å²) in [5.74, 6) is -0.222. The molecule has 7 heteroatoms. The van der Waals surface area contributed by atoms with Crippen molar-refractivity contribution in [3.63, 3.8) is 0 Å². The highest BCUT2D eigenvalue weighted by molar-refractivity contribution is 5.84. The van der Waals surface area contributed by atoms with Gasteiger partial charge in [-0.25, -0.2) is 9.78 Å². The van der Waals surface area contributed by atoms with Crippen LogP contribution in [0.1, 0.15) is 20.8 Å². The number of hydrogen-bond acceptors (Lipinski definition) is 4. The fraction of sp³-hybridized carbons (Fsp3) is 0.455. The minimum Gasteiger partial charge on any atom is -0.444 e. The minimum absolute atomic E-state index is 0.222. The van der Waals surface area contributed by atoms with Crippen molar-refractivity contribution in [3.8, 4) is 5.88 Å². The molecule has 1 heterocycles. The van der Waals surface area contributed by atoms with E-state index in [1.807, 2.05) is 0 Å². The SMILES string of the molecule is CC(C)(C)OC(=O)Nc1ccc(OC(F)F)nc1. The number of halogens is 2. The molecule has 18 heavy (non-hydrogen) atoms. The van der Waals surface area contributed by atoms with Gasteiger partial charge < -0.3 is 9.47 Å². The third kappa shape index (κ3) is 5.42. The summed E-state index contributed by atoms with van der Waals surface area (Å²) < 4.78 is 32.8. The maximum Gasteiger partial charge on any atom is 0.412 e. The van der Waals surface area contributed by atoms with E-state index in [2.05, 4.69) is 15.0 Å². The molecule has 0 fully saturated rings. The largest absolute Gasteiger partial charge is 0.444 e. The Morgan fingerprint density at radius 2 is 2.06 bits per heavy atom. The number of anilines is 1. The first-order chi connectivity index (χ1) is 8.26. The summed E-state index contributed by atoms with van der Waals surface area (Å²) in [6.07, 6.45) is 0.550. The maximum atomic E-state index is 11.9. The molecule has 0 saturated heterocycles. The van der Waals surface area contributed by atoms with Crippen LogP contribution in [-0.2, 0) is 4.74 Å². The number of ether oxygens (including phenoxy) is 2. The Balaban J connectivity index is 2.56. The number of pyridine rings is 1. The highest BCUT2D eigenvalue weighted by atomic mass is 19.3. The van der Waals surface area contributed by atoms with E-state index in [-0.39, 0.29) is 5.88 Å². The normalized spacial score (nSPS) is 11.2.